The first-order valence-electron chi connectivity index (χ1n) is 6.60. The number of likely N-dealkylation sites (N-methyl/N-ethyl adjacent to an activating group) is 1. The minimum atomic E-state index is -0.967. The van der Waals surface area contributed by atoms with Crippen molar-refractivity contribution in [1.29, 1.82) is 0 Å². The molecule has 0 atom stereocenters. The highest BCUT2D eigenvalue weighted by molar-refractivity contribution is 9.10. The van der Waals surface area contributed by atoms with Crippen molar-refractivity contribution in [3.63, 3.8) is 0 Å². The topological polar surface area (TPSA) is 21.3 Å². The Morgan fingerprint density at radius 1 is 1.14 bits per heavy atom. The number of rotatable bonds is 6. The fourth-order valence-electron chi connectivity index (χ4n) is 1.99. The highest BCUT2D eigenvalue weighted by atomic mass is 79.9. The standard InChI is InChI=1S/C16H16BrF2NO/c1-20-7-6-11-4-2-3-5-12(11)10-21-15-9-13(17)8-14(18)16(15)19/h2-5,8-9,20H,6-7,10H2,1H3. The summed E-state index contributed by atoms with van der Waals surface area (Å²) < 4.78 is 32.9. The number of hydrogen-bond donors (Lipinski definition) is 1. The third-order valence-electron chi connectivity index (χ3n) is 3.11. The van der Waals surface area contributed by atoms with Crippen molar-refractivity contribution in [2.45, 2.75) is 13.0 Å². The molecule has 21 heavy (non-hydrogen) atoms. The van der Waals surface area contributed by atoms with E-state index in [4.69, 9.17) is 4.74 Å². The zero-order valence-corrected chi connectivity index (χ0v) is 13.2. The Morgan fingerprint density at radius 3 is 2.57 bits per heavy atom. The molecule has 2 rings (SSSR count). The first kappa shape index (κ1) is 15.9. The van der Waals surface area contributed by atoms with Crippen molar-refractivity contribution in [2.24, 2.45) is 0 Å². The van der Waals surface area contributed by atoms with Gasteiger partial charge in [0.1, 0.15) is 6.61 Å². The van der Waals surface area contributed by atoms with Crippen LogP contribution in [0.2, 0.25) is 0 Å². The predicted octanol–water partition coefficient (Wildman–Crippen LogP) is 4.07. The van der Waals surface area contributed by atoms with Gasteiger partial charge in [-0.1, -0.05) is 40.2 Å². The van der Waals surface area contributed by atoms with E-state index in [1.54, 1.807) is 0 Å². The van der Waals surface area contributed by atoms with Gasteiger partial charge < -0.3 is 10.1 Å². The molecule has 0 aliphatic carbocycles. The lowest BCUT2D eigenvalue weighted by molar-refractivity contribution is 0.283. The Bertz CT molecular complexity index is 619. The molecule has 112 valence electrons. The summed E-state index contributed by atoms with van der Waals surface area (Å²) >= 11 is 3.13. The molecular weight excluding hydrogens is 340 g/mol. The highest BCUT2D eigenvalue weighted by Gasteiger charge is 2.12. The first-order chi connectivity index (χ1) is 10.1. The van der Waals surface area contributed by atoms with Crippen molar-refractivity contribution in [3.8, 4) is 5.75 Å². The molecule has 0 heterocycles. The van der Waals surface area contributed by atoms with E-state index >= 15 is 0 Å². The van der Waals surface area contributed by atoms with Gasteiger partial charge in [0.2, 0.25) is 5.82 Å². The van der Waals surface area contributed by atoms with E-state index in [1.807, 2.05) is 31.3 Å². The number of halogens is 3. The molecular formula is C16H16BrF2NO. The van der Waals surface area contributed by atoms with Crippen LogP contribution in [0.1, 0.15) is 11.1 Å². The van der Waals surface area contributed by atoms with Crippen LogP contribution in [0, 0.1) is 11.6 Å². The molecule has 0 bridgehead atoms. The second-order valence-corrected chi connectivity index (χ2v) is 5.53. The molecule has 0 aromatic heterocycles. The summed E-state index contributed by atoms with van der Waals surface area (Å²) in [5, 5.41) is 3.08. The van der Waals surface area contributed by atoms with Crippen molar-refractivity contribution in [3.05, 3.63) is 63.6 Å². The van der Waals surface area contributed by atoms with Crippen molar-refractivity contribution < 1.29 is 13.5 Å². The predicted molar refractivity (Wildman–Crippen MR) is 82.5 cm³/mol. The Balaban J connectivity index is 2.13. The van der Waals surface area contributed by atoms with Gasteiger partial charge in [0.05, 0.1) is 0 Å². The Kier molecular flexibility index (Phi) is 5.70. The normalized spacial score (nSPS) is 10.7. The fourth-order valence-corrected chi connectivity index (χ4v) is 2.40. The van der Waals surface area contributed by atoms with Gasteiger partial charge in [-0.3, -0.25) is 0 Å². The average molecular weight is 356 g/mol. The number of benzene rings is 2. The van der Waals surface area contributed by atoms with Crippen LogP contribution in [0.4, 0.5) is 8.78 Å². The summed E-state index contributed by atoms with van der Waals surface area (Å²) in [6.07, 6.45) is 0.853. The molecule has 0 saturated heterocycles. The maximum absolute atomic E-state index is 13.7. The molecule has 0 spiro atoms. The van der Waals surface area contributed by atoms with E-state index in [0.717, 1.165) is 30.2 Å². The number of nitrogens with one attached hydrogen (secondary N) is 1. The molecule has 2 nitrogen and oxygen atoms in total. The van der Waals surface area contributed by atoms with Crippen LogP contribution in [0.5, 0.6) is 5.75 Å². The number of hydrogen-bond acceptors (Lipinski definition) is 2. The summed E-state index contributed by atoms with van der Waals surface area (Å²) in [7, 11) is 1.89. The van der Waals surface area contributed by atoms with E-state index < -0.39 is 11.6 Å². The summed E-state index contributed by atoms with van der Waals surface area (Å²) in [4.78, 5) is 0. The fraction of sp³-hybridized carbons (Fsp3) is 0.250. The monoisotopic (exact) mass is 355 g/mol. The van der Waals surface area contributed by atoms with E-state index in [1.165, 1.54) is 6.07 Å². The lowest BCUT2D eigenvalue weighted by atomic mass is 10.1. The molecule has 2 aromatic carbocycles. The van der Waals surface area contributed by atoms with Crippen LogP contribution in [-0.2, 0) is 13.0 Å². The highest BCUT2D eigenvalue weighted by Crippen LogP contribution is 2.26. The molecule has 0 fully saturated rings. The van der Waals surface area contributed by atoms with Crippen LogP contribution in [0.25, 0.3) is 0 Å². The van der Waals surface area contributed by atoms with Gasteiger partial charge >= 0.3 is 0 Å². The molecule has 0 aliphatic rings. The third-order valence-corrected chi connectivity index (χ3v) is 3.56. The smallest absolute Gasteiger partial charge is 0.200 e. The van der Waals surface area contributed by atoms with E-state index in [-0.39, 0.29) is 12.4 Å². The van der Waals surface area contributed by atoms with Crippen LogP contribution in [-0.4, -0.2) is 13.6 Å². The van der Waals surface area contributed by atoms with E-state index in [9.17, 15) is 8.78 Å². The van der Waals surface area contributed by atoms with Crippen molar-refractivity contribution in [1.82, 2.24) is 5.32 Å². The molecule has 5 heteroatoms. The molecule has 0 amide bonds. The lowest BCUT2D eigenvalue weighted by Gasteiger charge is -2.12. The van der Waals surface area contributed by atoms with Crippen LogP contribution in [0.15, 0.2) is 40.9 Å². The quantitative estimate of drug-likeness (QED) is 0.788. The average Bonchev–Trinajstić information content (AvgIpc) is 2.48. The van der Waals surface area contributed by atoms with E-state index in [0.29, 0.717) is 4.47 Å². The van der Waals surface area contributed by atoms with Gasteiger partial charge in [-0.15, -0.1) is 0 Å². The van der Waals surface area contributed by atoms with Gasteiger partial charge in [0, 0.05) is 4.47 Å². The Morgan fingerprint density at radius 2 is 1.86 bits per heavy atom. The molecule has 0 unspecified atom stereocenters. The molecule has 0 radical (unpaired) electrons. The van der Waals surface area contributed by atoms with Gasteiger partial charge in [-0.2, -0.15) is 4.39 Å². The zero-order chi connectivity index (χ0) is 15.2. The second kappa shape index (κ2) is 7.52. The van der Waals surface area contributed by atoms with Crippen molar-refractivity contribution >= 4 is 15.9 Å². The second-order valence-electron chi connectivity index (χ2n) is 4.61. The van der Waals surface area contributed by atoms with Crippen molar-refractivity contribution in [2.75, 3.05) is 13.6 Å². The minimum Gasteiger partial charge on any atom is -0.486 e. The molecule has 2 aromatic rings. The van der Waals surface area contributed by atoms with Gasteiger partial charge in [0.25, 0.3) is 0 Å². The van der Waals surface area contributed by atoms with Gasteiger partial charge in [-0.05, 0) is 43.3 Å². The Hall–Kier alpha value is -1.46. The van der Waals surface area contributed by atoms with Gasteiger partial charge in [-0.25, -0.2) is 4.39 Å². The van der Waals surface area contributed by atoms with Crippen LogP contribution >= 0.6 is 15.9 Å². The first-order valence-corrected chi connectivity index (χ1v) is 7.40. The zero-order valence-electron chi connectivity index (χ0n) is 11.6. The van der Waals surface area contributed by atoms with Gasteiger partial charge in [0.15, 0.2) is 11.6 Å². The summed E-state index contributed by atoms with van der Waals surface area (Å²) in [5.41, 5.74) is 2.09. The summed E-state index contributed by atoms with van der Waals surface area (Å²) in [6.45, 7) is 1.05. The minimum absolute atomic E-state index is 0.0923. The molecule has 1 N–H and O–H groups in total. The third kappa shape index (κ3) is 4.25. The van der Waals surface area contributed by atoms with E-state index in [2.05, 4.69) is 21.2 Å². The summed E-state index contributed by atoms with van der Waals surface area (Å²) in [6, 6.07) is 10.3. The maximum atomic E-state index is 13.7. The van der Waals surface area contributed by atoms with Crippen LogP contribution in [0.3, 0.4) is 0 Å². The SMILES string of the molecule is CNCCc1ccccc1COc1cc(Br)cc(F)c1F. The number of ether oxygens (including phenoxy) is 1. The largest absolute Gasteiger partial charge is 0.486 e. The lowest BCUT2D eigenvalue weighted by Crippen LogP contribution is -2.12. The molecule has 0 saturated carbocycles. The maximum Gasteiger partial charge on any atom is 0.200 e. The summed E-state index contributed by atoms with van der Waals surface area (Å²) in [5.74, 6) is -1.99. The van der Waals surface area contributed by atoms with Crippen LogP contribution < -0.4 is 10.1 Å². The molecule has 0 aliphatic heterocycles. The Labute approximate surface area is 131 Å².